The van der Waals surface area contributed by atoms with E-state index < -0.39 is 6.10 Å². The fourth-order valence-electron chi connectivity index (χ4n) is 5.49. The Labute approximate surface area is 205 Å². The number of carbonyl (C=O) groups excluding carboxylic acids is 1. The van der Waals surface area contributed by atoms with Gasteiger partial charge in [-0.25, -0.2) is 9.78 Å². The summed E-state index contributed by atoms with van der Waals surface area (Å²) in [5, 5.41) is 10.5. The van der Waals surface area contributed by atoms with Gasteiger partial charge in [-0.05, 0) is 46.9 Å². The lowest BCUT2D eigenvalue weighted by atomic mass is 9.97. The molecule has 1 aromatic carbocycles. The second-order valence-electron chi connectivity index (χ2n) is 11.3. The molecule has 3 atom stereocenters. The number of aromatic nitrogens is 3. The highest BCUT2D eigenvalue weighted by Gasteiger charge is 2.40. The number of amides is 1. The molecule has 2 aromatic heterocycles. The van der Waals surface area contributed by atoms with Crippen LogP contribution in [0.2, 0.25) is 0 Å². The lowest BCUT2D eigenvalue weighted by Crippen LogP contribution is -2.39. The van der Waals surface area contributed by atoms with Crippen LogP contribution in [0.3, 0.4) is 0 Å². The van der Waals surface area contributed by atoms with Gasteiger partial charge in [0, 0.05) is 33.1 Å². The van der Waals surface area contributed by atoms with Gasteiger partial charge in [0.15, 0.2) is 5.65 Å². The number of benzene rings is 1. The number of nitrogens with zero attached hydrogens (tertiary/aromatic N) is 4. The molecule has 2 aliphatic rings. The average molecular weight is 475 g/mol. The van der Waals surface area contributed by atoms with E-state index in [-0.39, 0.29) is 22.9 Å². The van der Waals surface area contributed by atoms with Crippen molar-refractivity contribution >= 4 is 22.6 Å². The zero-order valence-electron chi connectivity index (χ0n) is 20.9. The number of allylic oxidation sites excluding steroid dienone is 1. The van der Waals surface area contributed by atoms with Gasteiger partial charge in [-0.3, -0.25) is 13.9 Å². The third-order valence-electron chi connectivity index (χ3n) is 7.20. The van der Waals surface area contributed by atoms with Crippen LogP contribution in [-0.2, 0) is 24.8 Å². The Morgan fingerprint density at radius 1 is 1.14 bits per heavy atom. The van der Waals surface area contributed by atoms with Gasteiger partial charge < -0.3 is 10.0 Å². The van der Waals surface area contributed by atoms with Crippen molar-refractivity contribution in [2.75, 3.05) is 13.1 Å². The van der Waals surface area contributed by atoms with Crippen LogP contribution in [-0.4, -0.2) is 49.2 Å². The predicted octanol–water partition coefficient (Wildman–Crippen LogP) is 3.25. The average Bonchev–Trinajstić information content (AvgIpc) is 3.46. The quantitative estimate of drug-likeness (QED) is 0.616. The lowest BCUT2D eigenvalue weighted by Gasteiger charge is -2.21. The molecule has 1 aliphatic carbocycles. The number of rotatable bonds is 5. The molecular weight excluding hydrogens is 440 g/mol. The van der Waals surface area contributed by atoms with E-state index in [4.69, 9.17) is 4.98 Å². The number of imidazole rings is 1. The van der Waals surface area contributed by atoms with E-state index in [2.05, 4.69) is 26.8 Å². The van der Waals surface area contributed by atoms with Gasteiger partial charge in [0.2, 0.25) is 0 Å². The number of aliphatic hydroxyl groups is 1. The molecule has 184 valence electrons. The number of hydrogen-bond acceptors (Lipinski definition) is 4. The fourth-order valence-corrected chi connectivity index (χ4v) is 5.49. The molecule has 5 rings (SSSR count). The number of aliphatic hydroxyl groups excluding tert-OH is 1. The van der Waals surface area contributed by atoms with Gasteiger partial charge in [0.25, 0.3) is 5.91 Å². The van der Waals surface area contributed by atoms with E-state index in [1.54, 1.807) is 11.6 Å². The first-order valence-corrected chi connectivity index (χ1v) is 12.4. The van der Waals surface area contributed by atoms with Gasteiger partial charge in [-0.2, -0.15) is 0 Å². The van der Waals surface area contributed by atoms with Crippen molar-refractivity contribution in [1.29, 1.82) is 0 Å². The zero-order chi connectivity index (χ0) is 24.9. The summed E-state index contributed by atoms with van der Waals surface area (Å²) in [6, 6.07) is 13.7. The summed E-state index contributed by atoms with van der Waals surface area (Å²) in [5.74, 6) is 0.419. The first-order valence-electron chi connectivity index (χ1n) is 12.4. The molecule has 35 heavy (non-hydrogen) atoms. The molecular formula is C28H34N4O3. The summed E-state index contributed by atoms with van der Waals surface area (Å²) in [6.07, 6.45) is 2.41. The highest BCUT2D eigenvalue weighted by molar-refractivity contribution is 5.82. The Bertz CT molecular complexity index is 1350. The second kappa shape index (κ2) is 8.79. The number of likely N-dealkylation sites (tertiary alicyclic amines) is 1. The molecule has 1 saturated heterocycles. The number of carbonyl (C=O) groups is 1. The summed E-state index contributed by atoms with van der Waals surface area (Å²) < 4.78 is 3.45. The number of pyridine rings is 1. The molecule has 0 radical (unpaired) electrons. The van der Waals surface area contributed by atoms with Crippen LogP contribution in [0.4, 0.5) is 0 Å². The van der Waals surface area contributed by atoms with Crippen LogP contribution >= 0.6 is 0 Å². The molecule has 3 heterocycles. The van der Waals surface area contributed by atoms with Crippen LogP contribution in [0.25, 0.3) is 16.7 Å². The van der Waals surface area contributed by atoms with E-state index in [0.29, 0.717) is 37.6 Å². The molecule has 3 unspecified atom stereocenters. The van der Waals surface area contributed by atoms with Crippen molar-refractivity contribution in [1.82, 2.24) is 19.0 Å². The molecule has 0 spiro atoms. The topological polar surface area (TPSA) is 80.4 Å². The first kappa shape index (κ1) is 23.5. The van der Waals surface area contributed by atoms with Crippen LogP contribution < -0.4 is 5.69 Å². The minimum atomic E-state index is -1.01. The SMILES string of the molecule is Cn1c(=O)n(CC(C)(C)C)c2ccc(C3=CC4CN(C(=O)C(O)Cc5ccccc5)CC4C3)nc21. The van der Waals surface area contributed by atoms with Gasteiger partial charge in [-0.1, -0.05) is 57.2 Å². The van der Waals surface area contributed by atoms with E-state index in [0.717, 1.165) is 23.2 Å². The molecule has 0 saturated carbocycles. The van der Waals surface area contributed by atoms with Crippen molar-refractivity contribution in [3.05, 3.63) is 70.3 Å². The summed E-state index contributed by atoms with van der Waals surface area (Å²) in [7, 11) is 1.78. The van der Waals surface area contributed by atoms with E-state index in [1.165, 1.54) is 5.57 Å². The van der Waals surface area contributed by atoms with E-state index >= 15 is 0 Å². The Balaban J connectivity index is 1.31. The van der Waals surface area contributed by atoms with Crippen molar-refractivity contribution < 1.29 is 9.90 Å². The third-order valence-corrected chi connectivity index (χ3v) is 7.20. The Morgan fingerprint density at radius 3 is 2.57 bits per heavy atom. The van der Waals surface area contributed by atoms with Crippen LogP contribution in [0.15, 0.2) is 53.3 Å². The summed E-state index contributed by atoms with van der Waals surface area (Å²) >= 11 is 0. The van der Waals surface area contributed by atoms with Crippen molar-refractivity contribution in [2.24, 2.45) is 24.3 Å². The van der Waals surface area contributed by atoms with Crippen molar-refractivity contribution in [3.63, 3.8) is 0 Å². The maximum Gasteiger partial charge on any atom is 0.330 e. The highest BCUT2D eigenvalue weighted by atomic mass is 16.3. The molecule has 1 aliphatic heterocycles. The second-order valence-corrected chi connectivity index (χ2v) is 11.3. The van der Waals surface area contributed by atoms with E-state index in [9.17, 15) is 14.7 Å². The number of aryl methyl sites for hydroxylation is 1. The number of hydrogen-bond donors (Lipinski definition) is 1. The van der Waals surface area contributed by atoms with Gasteiger partial charge in [0.1, 0.15) is 6.10 Å². The summed E-state index contributed by atoms with van der Waals surface area (Å²) in [4.78, 5) is 32.4. The van der Waals surface area contributed by atoms with Crippen LogP contribution in [0.5, 0.6) is 0 Å². The van der Waals surface area contributed by atoms with Crippen LogP contribution in [0, 0.1) is 17.3 Å². The first-order chi connectivity index (χ1) is 16.6. The van der Waals surface area contributed by atoms with Crippen molar-refractivity contribution in [2.45, 2.75) is 46.3 Å². The van der Waals surface area contributed by atoms with Gasteiger partial charge >= 0.3 is 5.69 Å². The number of fused-ring (bicyclic) bond motifs is 2. The standard InChI is InChI=1S/C28H34N4O3/c1-28(2,3)17-32-23-11-10-22(29-25(23)30(4)27(32)35)19-13-20-15-31(16-21(20)14-19)26(34)24(33)12-18-8-6-5-7-9-18/h5-11,13,20-21,24,33H,12,14-17H2,1-4H3. The summed E-state index contributed by atoms with van der Waals surface area (Å²) in [5.41, 5.74) is 4.55. The molecule has 1 N–H and O–H groups in total. The Hall–Kier alpha value is -3.19. The molecule has 7 nitrogen and oxygen atoms in total. The minimum Gasteiger partial charge on any atom is -0.383 e. The van der Waals surface area contributed by atoms with E-state index in [1.807, 2.05) is 51.9 Å². The molecule has 1 fully saturated rings. The van der Waals surface area contributed by atoms with Crippen molar-refractivity contribution in [3.8, 4) is 0 Å². The Kier molecular flexibility index (Phi) is 5.91. The largest absolute Gasteiger partial charge is 0.383 e. The highest BCUT2D eigenvalue weighted by Crippen LogP contribution is 2.41. The molecule has 7 heteroatoms. The molecule has 1 amide bonds. The maximum atomic E-state index is 12.9. The minimum absolute atomic E-state index is 0.0137. The third kappa shape index (κ3) is 4.57. The normalized spacial score (nSPS) is 20.8. The fraction of sp³-hybridized carbons (Fsp3) is 0.464. The smallest absolute Gasteiger partial charge is 0.330 e. The zero-order valence-corrected chi connectivity index (χ0v) is 20.9. The monoisotopic (exact) mass is 474 g/mol. The predicted molar refractivity (Wildman–Crippen MR) is 137 cm³/mol. The maximum absolute atomic E-state index is 12.9. The van der Waals surface area contributed by atoms with Gasteiger partial charge in [-0.15, -0.1) is 0 Å². The Morgan fingerprint density at radius 2 is 1.89 bits per heavy atom. The summed E-state index contributed by atoms with van der Waals surface area (Å²) in [6.45, 7) is 8.28. The molecule has 0 bridgehead atoms. The lowest BCUT2D eigenvalue weighted by molar-refractivity contribution is -0.139. The molecule has 3 aromatic rings. The van der Waals surface area contributed by atoms with Crippen LogP contribution in [0.1, 0.15) is 38.4 Å². The van der Waals surface area contributed by atoms with Gasteiger partial charge in [0.05, 0.1) is 11.2 Å².